The number of hydrogen-bond donors (Lipinski definition) is 2. The van der Waals surface area contributed by atoms with Gasteiger partial charge in [-0.1, -0.05) is 0 Å². The molecule has 0 spiro atoms. The first-order chi connectivity index (χ1) is 8.04. The number of carboxylic acid groups (broad SMARTS) is 1. The molecule has 0 aromatic carbocycles. The van der Waals surface area contributed by atoms with Gasteiger partial charge in [-0.25, -0.2) is 0 Å². The van der Waals surface area contributed by atoms with Crippen LogP contribution in [0.4, 0.5) is 0 Å². The van der Waals surface area contributed by atoms with Crippen LogP contribution in [0, 0.1) is 5.92 Å². The molecule has 2 rings (SSSR count). The molecule has 5 nitrogen and oxygen atoms in total. The molecule has 1 aromatic heterocycles. The van der Waals surface area contributed by atoms with E-state index in [0.29, 0.717) is 6.54 Å². The van der Waals surface area contributed by atoms with Crippen molar-refractivity contribution in [3.63, 3.8) is 0 Å². The highest BCUT2D eigenvalue weighted by Crippen LogP contribution is 2.41. The molecule has 1 heterocycles. The van der Waals surface area contributed by atoms with Gasteiger partial charge < -0.3 is 5.11 Å². The number of aliphatic carboxylic acids is 1. The summed E-state index contributed by atoms with van der Waals surface area (Å²) in [5.41, 5.74) is -0.875. The van der Waals surface area contributed by atoms with E-state index in [1.54, 1.807) is 10.9 Å². The third-order valence-corrected chi connectivity index (χ3v) is 3.17. The quantitative estimate of drug-likeness (QED) is 0.778. The summed E-state index contributed by atoms with van der Waals surface area (Å²) in [6.07, 6.45) is 5.44. The highest BCUT2D eigenvalue weighted by Gasteiger charge is 2.51. The molecular formula is C12H19N3O2. The van der Waals surface area contributed by atoms with Gasteiger partial charge in [0.1, 0.15) is 5.54 Å². The van der Waals surface area contributed by atoms with Crippen LogP contribution in [0.15, 0.2) is 18.5 Å². The SMILES string of the molecule is CC(C)NC(Cn1cccn1)(C(=O)O)C1CC1. The van der Waals surface area contributed by atoms with Crippen LogP contribution in [0.25, 0.3) is 0 Å². The normalized spacial score (nSPS) is 19.2. The Bertz CT molecular complexity index is 384. The van der Waals surface area contributed by atoms with E-state index in [0.717, 1.165) is 12.8 Å². The number of nitrogens with zero attached hydrogens (tertiary/aromatic N) is 2. The molecule has 94 valence electrons. The zero-order valence-electron chi connectivity index (χ0n) is 10.3. The molecule has 0 aliphatic heterocycles. The number of rotatable bonds is 6. The Morgan fingerprint density at radius 1 is 1.65 bits per heavy atom. The topological polar surface area (TPSA) is 67.2 Å². The zero-order valence-corrected chi connectivity index (χ0v) is 10.3. The second-order valence-corrected chi connectivity index (χ2v) is 5.05. The van der Waals surface area contributed by atoms with Crippen molar-refractivity contribution >= 4 is 5.97 Å². The van der Waals surface area contributed by atoms with Gasteiger partial charge in [0.2, 0.25) is 0 Å². The van der Waals surface area contributed by atoms with E-state index in [9.17, 15) is 9.90 Å². The highest BCUT2D eigenvalue weighted by atomic mass is 16.4. The fourth-order valence-corrected chi connectivity index (χ4v) is 2.34. The van der Waals surface area contributed by atoms with E-state index < -0.39 is 11.5 Å². The van der Waals surface area contributed by atoms with Crippen LogP contribution in [0.3, 0.4) is 0 Å². The molecule has 17 heavy (non-hydrogen) atoms. The summed E-state index contributed by atoms with van der Waals surface area (Å²) in [6, 6.07) is 1.96. The lowest BCUT2D eigenvalue weighted by Crippen LogP contribution is -2.59. The smallest absolute Gasteiger partial charge is 0.326 e. The van der Waals surface area contributed by atoms with Gasteiger partial charge in [-0.05, 0) is 38.7 Å². The maximum Gasteiger partial charge on any atom is 0.326 e. The van der Waals surface area contributed by atoms with Crippen molar-refractivity contribution in [1.29, 1.82) is 0 Å². The van der Waals surface area contributed by atoms with Gasteiger partial charge in [-0.3, -0.25) is 14.8 Å². The lowest BCUT2D eigenvalue weighted by molar-refractivity contribution is -0.147. The van der Waals surface area contributed by atoms with Crippen molar-refractivity contribution in [2.24, 2.45) is 5.92 Å². The van der Waals surface area contributed by atoms with E-state index in [1.807, 2.05) is 26.1 Å². The molecule has 0 bridgehead atoms. The molecule has 1 unspecified atom stereocenters. The highest BCUT2D eigenvalue weighted by molar-refractivity contribution is 5.79. The summed E-state index contributed by atoms with van der Waals surface area (Å²) in [7, 11) is 0. The molecule has 5 heteroatoms. The van der Waals surface area contributed by atoms with Crippen molar-refractivity contribution in [1.82, 2.24) is 15.1 Å². The number of carboxylic acids is 1. The Morgan fingerprint density at radius 2 is 2.35 bits per heavy atom. The maximum absolute atomic E-state index is 11.7. The zero-order chi connectivity index (χ0) is 12.5. The van der Waals surface area contributed by atoms with Crippen LogP contribution in [0.1, 0.15) is 26.7 Å². The van der Waals surface area contributed by atoms with Crippen LogP contribution in [-0.4, -0.2) is 32.4 Å². The van der Waals surface area contributed by atoms with Gasteiger partial charge in [-0.15, -0.1) is 0 Å². The van der Waals surface area contributed by atoms with Crippen LogP contribution in [0.2, 0.25) is 0 Å². The predicted molar refractivity (Wildman–Crippen MR) is 63.6 cm³/mol. The van der Waals surface area contributed by atoms with E-state index >= 15 is 0 Å². The predicted octanol–water partition coefficient (Wildman–Crippen LogP) is 1.11. The van der Waals surface area contributed by atoms with E-state index in [4.69, 9.17) is 0 Å². The second kappa shape index (κ2) is 4.49. The van der Waals surface area contributed by atoms with Crippen LogP contribution >= 0.6 is 0 Å². The fourth-order valence-electron chi connectivity index (χ4n) is 2.34. The second-order valence-electron chi connectivity index (χ2n) is 5.05. The summed E-state index contributed by atoms with van der Waals surface area (Å²) in [6.45, 7) is 4.34. The van der Waals surface area contributed by atoms with Gasteiger partial charge in [-0.2, -0.15) is 5.10 Å². The molecule has 1 saturated carbocycles. The standard InChI is InChI=1S/C12H19N3O2/c1-9(2)14-12(11(16)17,10-4-5-10)8-15-7-3-6-13-15/h3,6-7,9-10,14H,4-5,8H2,1-2H3,(H,16,17). The van der Waals surface area contributed by atoms with Crippen LogP contribution in [-0.2, 0) is 11.3 Å². The van der Waals surface area contributed by atoms with Gasteiger partial charge in [0.25, 0.3) is 0 Å². The number of hydrogen-bond acceptors (Lipinski definition) is 3. The molecule has 1 aromatic rings. The average molecular weight is 237 g/mol. The van der Waals surface area contributed by atoms with Gasteiger partial charge >= 0.3 is 5.97 Å². The maximum atomic E-state index is 11.7. The largest absolute Gasteiger partial charge is 0.480 e. The third kappa shape index (κ3) is 2.49. The molecule has 0 saturated heterocycles. The van der Waals surface area contributed by atoms with E-state index in [1.165, 1.54) is 0 Å². The summed E-state index contributed by atoms with van der Waals surface area (Å²) in [4.78, 5) is 11.7. The Morgan fingerprint density at radius 3 is 2.76 bits per heavy atom. The van der Waals surface area contributed by atoms with E-state index in [2.05, 4.69) is 10.4 Å². The summed E-state index contributed by atoms with van der Waals surface area (Å²) >= 11 is 0. The Kier molecular flexibility index (Phi) is 3.19. The molecule has 1 aliphatic rings. The summed E-state index contributed by atoms with van der Waals surface area (Å²) in [5.74, 6) is -0.559. The molecule has 0 amide bonds. The minimum absolute atomic E-state index is 0.141. The molecule has 1 aliphatic carbocycles. The van der Waals surface area contributed by atoms with Crippen molar-refractivity contribution in [2.45, 2.75) is 44.8 Å². The fraction of sp³-hybridized carbons (Fsp3) is 0.667. The molecule has 1 fully saturated rings. The minimum atomic E-state index is -0.875. The van der Waals surface area contributed by atoms with Crippen molar-refractivity contribution in [2.75, 3.05) is 0 Å². The summed E-state index contributed by atoms with van der Waals surface area (Å²) < 4.78 is 1.70. The van der Waals surface area contributed by atoms with Crippen molar-refractivity contribution < 1.29 is 9.90 Å². The first-order valence-corrected chi connectivity index (χ1v) is 6.03. The molecule has 1 atom stereocenters. The van der Waals surface area contributed by atoms with Crippen LogP contribution < -0.4 is 5.32 Å². The Balaban J connectivity index is 2.23. The number of carbonyl (C=O) groups is 1. The monoisotopic (exact) mass is 237 g/mol. The minimum Gasteiger partial charge on any atom is -0.480 e. The Labute approximate surface area is 101 Å². The molecule has 0 radical (unpaired) electrons. The molecule has 2 N–H and O–H groups in total. The molecular weight excluding hydrogens is 218 g/mol. The lowest BCUT2D eigenvalue weighted by atomic mass is 9.92. The first-order valence-electron chi connectivity index (χ1n) is 6.03. The lowest BCUT2D eigenvalue weighted by Gasteiger charge is -2.32. The third-order valence-electron chi connectivity index (χ3n) is 3.17. The number of aromatic nitrogens is 2. The van der Waals surface area contributed by atoms with Crippen LogP contribution in [0.5, 0.6) is 0 Å². The first kappa shape index (κ1) is 12.1. The summed E-state index contributed by atoms with van der Waals surface area (Å²) in [5, 5.41) is 16.9. The van der Waals surface area contributed by atoms with E-state index in [-0.39, 0.29) is 12.0 Å². The Hall–Kier alpha value is -1.36. The average Bonchev–Trinajstić information content (AvgIpc) is 2.97. The van der Waals surface area contributed by atoms with Gasteiger partial charge in [0, 0.05) is 18.4 Å². The van der Waals surface area contributed by atoms with Crippen molar-refractivity contribution in [3.8, 4) is 0 Å². The van der Waals surface area contributed by atoms with Gasteiger partial charge in [0.15, 0.2) is 0 Å². The van der Waals surface area contributed by atoms with Crippen molar-refractivity contribution in [3.05, 3.63) is 18.5 Å². The van der Waals surface area contributed by atoms with Gasteiger partial charge in [0.05, 0.1) is 6.54 Å². The number of nitrogens with one attached hydrogen (secondary N) is 1.